The lowest BCUT2D eigenvalue weighted by Crippen LogP contribution is -2.01. The van der Waals surface area contributed by atoms with Gasteiger partial charge in [-0.15, -0.1) is 6.58 Å². The molecule has 1 aromatic carbocycles. The molecule has 0 spiro atoms. The smallest absolute Gasteiger partial charge is 0.0609 e. The van der Waals surface area contributed by atoms with Crippen molar-refractivity contribution in [3.05, 3.63) is 59.7 Å². The molecule has 0 fully saturated rings. The summed E-state index contributed by atoms with van der Waals surface area (Å²) in [6, 6.07) is 6.86. The van der Waals surface area contributed by atoms with Crippen LogP contribution in [0.15, 0.2) is 43.0 Å². The Hall–Kier alpha value is -1.34. The van der Waals surface area contributed by atoms with Gasteiger partial charge < -0.3 is 5.11 Å². The number of fused-ring (bicyclic) bond motifs is 1. The van der Waals surface area contributed by atoms with E-state index in [4.69, 9.17) is 5.11 Å². The molecule has 0 radical (unpaired) electrons. The molecular weight excluding hydrogens is 280 g/mol. The summed E-state index contributed by atoms with van der Waals surface area (Å²) in [5, 5.41) is 7.76. The van der Waals surface area contributed by atoms with Crippen LogP contribution in [-0.2, 0) is 12.8 Å². The SMILES string of the molecule is C=CCO.CC/C=C\C(C)CC.Cc1ccc2c(c1)CCCC2. The molecule has 1 aliphatic rings. The van der Waals surface area contributed by atoms with Gasteiger partial charge in [0.15, 0.2) is 0 Å². The van der Waals surface area contributed by atoms with Crippen molar-refractivity contribution in [2.45, 2.75) is 66.2 Å². The first kappa shape index (κ1) is 21.7. The summed E-state index contributed by atoms with van der Waals surface area (Å²) in [7, 11) is 0. The Balaban J connectivity index is 0.000000357. The number of rotatable bonds is 4. The van der Waals surface area contributed by atoms with E-state index >= 15 is 0 Å². The minimum atomic E-state index is 0.0833. The number of hydrogen-bond acceptors (Lipinski definition) is 1. The number of aliphatic hydroxyl groups excluding tert-OH is 1. The number of aliphatic hydroxyl groups is 1. The summed E-state index contributed by atoms with van der Waals surface area (Å²) in [6.07, 6.45) is 13.7. The van der Waals surface area contributed by atoms with Crippen LogP contribution in [-0.4, -0.2) is 11.7 Å². The minimum absolute atomic E-state index is 0.0833. The average molecular weight is 317 g/mol. The molecule has 130 valence electrons. The Morgan fingerprint density at radius 2 is 1.78 bits per heavy atom. The molecule has 1 N–H and O–H groups in total. The molecule has 2 rings (SSSR count). The number of benzene rings is 1. The second-order valence-corrected chi connectivity index (χ2v) is 6.17. The standard InChI is InChI=1S/C11H14.C8H16.C3H6O/c1-9-6-7-10-4-2-3-5-11(10)8-9;1-4-6-7-8(3)5-2;1-2-3-4/h6-8H,2-5H2,1H3;6-8H,4-5H2,1-3H3;2,4H,1,3H2/b;7-6-;. The molecule has 0 aliphatic heterocycles. The molecule has 1 unspecified atom stereocenters. The summed E-state index contributed by atoms with van der Waals surface area (Å²) >= 11 is 0. The zero-order chi connectivity index (χ0) is 17.5. The quantitative estimate of drug-likeness (QED) is 0.672. The van der Waals surface area contributed by atoms with Gasteiger partial charge in [-0.2, -0.15) is 0 Å². The predicted molar refractivity (Wildman–Crippen MR) is 104 cm³/mol. The van der Waals surface area contributed by atoms with Gasteiger partial charge in [0.25, 0.3) is 0 Å². The van der Waals surface area contributed by atoms with E-state index in [0.717, 1.165) is 5.92 Å². The molecule has 23 heavy (non-hydrogen) atoms. The molecule has 1 aliphatic carbocycles. The van der Waals surface area contributed by atoms with Gasteiger partial charge >= 0.3 is 0 Å². The third-order valence-electron chi connectivity index (χ3n) is 3.98. The topological polar surface area (TPSA) is 20.2 Å². The molecule has 0 saturated carbocycles. The minimum Gasteiger partial charge on any atom is -0.392 e. The van der Waals surface area contributed by atoms with Crippen molar-refractivity contribution < 1.29 is 5.11 Å². The first-order valence-corrected chi connectivity index (χ1v) is 9.05. The van der Waals surface area contributed by atoms with E-state index in [1.54, 1.807) is 11.1 Å². The van der Waals surface area contributed by atoms with Crippen LogP contribution in [0.2, 0.25) is 0 Å². The first-order valence-electron chi connectivity index (χ1n) is 9.05. The van der Waals surface area contributed by atoms with Gasteiger partial charge in [0.05, 0.1) is 6.61 Å². The highest BCUT2D eigenvalue weighted by atomic mass is 16.2. The lowest BCUT2D eigenvalue weighted by Gasteiger charge is -2.15. The molecule has 0 heterocycles. The zero-order valence-corrected chi connectivity index (χ0v) is 15.6. The summed E-state index contributed by atoms with van der Waals surface area (Å²) in [4.78, 5) is 0. The van der Waals surface area contributed by atoms with Crippen molar-refractivity contribution in [2.24, 2.45) is 5.92 Å². The normalized spacial score (nSPS) is 14.0. The maximum absolute atomic E-state index is 7.76. The summed E-state index contributed by atoms with van der Waals surface area (Å²) in [6.45, 7) is 12.1. The molecule has 1 heteroatoms. The zero-order valence-electron chi connectivity index (χ0n) is 15.6. The molecule has 0 saturated heterocycles. The highest BCUT2D eigenvalue weighted by Crippen LogP contribution is 2.21. The predicted octanol–water partition coefficient (Wildman–Crippen LogP) is 6.04. The maximum Gasteiger partial charge on any atom is 0.0609 e. The van der Waals surface area contributed by atoms with Crippen LogP contribution >= 0.6 is 0 Å². The van der Waals surface area contributed by atoms with E-state index in [9.17, 15) is 0 Å². The Morgan fingerprint density at radius 3 is 2.30 bits per heavy atom. The summed E-state index contributed by atoms with van der Waals surface area (Å²) in [5.41, 5.74) is 4.59. The fourth-order valence-electron chi connectivity index (χ4n) is 2.37. The Morgan fingerprint density at radius 1 is 1.17 bits per heavy atom. The largest absolute Gasteiger partial charge is 0.392 e. The molecule has 1 nitrogen and oxygen atoms in total. The summed E-state index contributed by atoms with van der Waals surface area (Å²) in [5.74, 6) is 0.773. The van der Waals surface area contributed by atoms with Crippen molar-refractivity contribution in [1.82, 2.24) is 0 Å². The average Bonchev–Trinajstić information content (AvgIpc) is 2.60. The third kappa shape index (κ3) is 10.9. The Bertz CT molecular complexity index is 445. The van der Waals surface area contributed by atoms with E-state index in [2.05, 4.69) is 64.6 Å². The number of hydrogen-bond donors (Lipinski definition) is 1. The van der Waals surface area contributed by atoms with Crippen molar-refractivity contribution in [3.8, 4) is 0 Å². The first-order chi connectivity index (χ1) is 11.1. The third-order valence-corrected chi connectivity index (χ3v) is 3.98. The van der Waals surface area contributed by atoms with Gasteiger partial charge in [-0.25, -0.2) is 0 Å². The lowest BCUT2D eigenvalue weighted by atomic mass is 9.91. The second kappa shape index (κ2) is 14.3. The Labute approximate surface area is 144 Å². The molecule has 1 aromatic rings. The maximum atomic E-state index is 7.76. The highest BCUT2D eigenvalue weighted by molar-refractivity contribution is 5.33. The Kier molecular flexibility index (Phi) is 13.4. The fourth-order valence-corrected chi connectivity index (χ4v) is 2.37. The molecule has 0 bridgehead atoms. The summed E-state index contributed by atoms with van der Waals surface area (Å²) < 4.78 is 0. The van der Waals surface area contributed by atoms with Crippen LogP contribution in [0.3, 0.4) is 0 Å². The van der Waals surface area contributed by atoms with Crippen LogP contribution in [0.25, 0.3) is 0 Å². The van der Waals surface area contributed by atoms with Crippen molar-refractivity contribution in [3.63, 3.8) is 0 Å². The van der Waals surface area contributed by atoms with Gasteiger partial charge in [-0.3, -0.25) is 0 Å². The molecular formula is C22H36O. The fraction of sp³-hybridized carbons (Fsp3) is 0.545. The van der Waals surface area contributed by atoms with E-state index in [1.807, 2.05) is 0 Å². The van der Waals surface area contributed by atoms with Crippen LogP contribution in [0.1, 0.15) is 63.1 Å². The van der Waals surface area contributed by atoms with E-state index in [0.29, 0.717) is 0 Å². The second-order valence-electron chi connectivity index (χ2n) is 6.17. The molecule has 0 aromatic heterocycles. The number of allylic oxidation sites excluding steroid dienone is 2. The van der Waals surface area contributed by atoms with Crippen molar-refractivity contribution in [1.29, 1.82) is 0 Å². The number of aryl methyl sites for hydroxylation is 3. The van der Waals surface area contributed by atoms with Gasteiger partial charge in [-0.1, -0.05) is 69.2 Å². The van der Waals surface area contributed by atoms with Crippen LogP contribution < -0.4 is 0 Å². The van der Waals surface area contributed by atoms with E-state index in [1.165, 1.54) is 50.2 Å². The van der Waals surface area contributed by atoms with Crippen LogP contribution in [0.5, 0.6) is 0 Å². The van der Waals surface area contributed by atoms with Gasteiger partial charge in [0.2, 0.25) is 0 Å². The van der Waals surface area contributed by atoms with Gasteiger partial charge in [0, 0.05) is 0 Å². The van der Waals surface area contributed by atoms with E-state index in [-0.39, 0.29) is 6.61 Å². The van der Waals surface area contributed by atoms with Crippen LogP contribution in [0.4, 0.5) is 0 Å². The van der Waals surface area contributed by atoms with Crippen molar-refractivity contribution in [2.75, 3.05) is 6.61 Å². The lowest BCUT2D eigenvalue weighted by molar-refractivity contribution is 0.343. The van der Waals surface area contributed by atoms with Crippen LogP contribution in [0, 0.1) is 12.8 Å². The van der Waals surface area contributed by atoms with Gasteiger partial charge in [0.1, 0.15) is 0 Å². The highest BCUT2D eigenvalue weighted by Gasteiger charge is 2.07. The van der Waals surface area contributed by atoms with E-state index < -0.39 is 0 Å². The van der Waals surface area contributed by atoms with Crippen molar-refractivity contribution >= 4 is 0 Å². The monoisotopic (exact) mass is 316 g/mol. The van der Waals surface area contributed by atoms with Gasteiger partial charge in [-0.05, 0) is 56.1 Å². The molecule has 0 amide bonds. The molecule has 1 atom stereocenters.